The maximum Gasteiger partial charge on any atom is 0.331 e. The molecular weight excluding hydrogens is 288 g/mol. The Morgan fingerprint density at radius 3 is 2.45 bits per heavy atom. The molecule has 0 fully saturated rings. The van der Waals surface area contributed by atoms with Crippen LogP contribution in [-0.2, 0) is 18.9 Å². The third kappa shape index (κ3) is 2.85. The Balaban J connectivity index is 2.30. The molecule has 0 radical (unpaired) electrons. The van der Waals surface area contributed by atoms with Gasteiger partial charge in [-0.1, -0.05) is 12.2 Å². The van der Waals surface area contributed by atoms with Gasteiger partial charge in [0.2, 0.25) is 5.91 Å². The van der Waals surface area contributed by atoms with E-state index in [4.69, 9.17) is 5.73 Å². The summed E-state index contributed by atoms with van der Waals surface area (Å²) in [6, 6.07) is 0.642. The Bertz CT molecular complexity index is 759. The fourth-order valence-corrected chi connectivity index (χ4v) is 2.48. The van der Waals surface area contributed by atoms with Gasteiger partial charge in [-0.2, -0.15) is 0 Å². The number of primary amides is 1. The van der Waals surface area contributed by atoms with E-state index in [-0.39, 0.29) is 5.69 Å². The summed E-state index contributed by atoms with van der Waals surface area (Å²) in [4.78, 5) is 47.3. The number of aromatic nitrogens is 2. The third-order valence-corrected chi connectivity index (χ3v) is 3.87. The Morgan fingerprint density at radius 1 is 1.18 bits per heavy atom. The molecule has 0 aliphatic heterocycles. The lowest BCUT2D eigenvalue weighted by molar-refractivity contribution is -0.122. The number of nitrogens with one attached hydrogen (secondary N) is 1. The normalized spacial score (nSPS) is 20.6. The zero-order valence-electron chi connectivity index (χ0n) is 12.4. The third-order valence-electron chi connectivity index (χ3n) is 3.87. The number of amides is 2. The van der Waals surface area contributed by atoms with E-state index in [1.54, 1.807) is 0 Å². The first-order chi connectivity index (χ1) is 10.3. The van der Waals surface area contributed by atoms with Crippen LogP contribution in [0.3, 0.4) is 0 Å². The van der Waals surface area contributed by atoms with Crippen LogP contribution in [-0.4, -0.2) is 27.0 Å². The van der Waals surface area contributed by atoms with Crippen LogP contribution in [0.1, 0.15) is 23.3 Å². The molecule has 2 atom stereocenters. The Hall–Kier alpha value is -2.64. The van der Waals surface area contributed by atoms with E-state index in [0.29, 0.717) is 12.8 Å². The van der Waals surface area contributed by atoms with Gasteiger partial charge in [-0.25, -0.2) is 4.79 Å². The minimum absolute atomic E-state index is 0.0501. The number of carbonyl (C=O) groups is 2. The van der Waals surface area contributed by atoms with Crippen LogP contribution in [0.2, 0.25) is 0 Å². The summed E-state index contributed by atoms with van der Waals surface area (Å²) >= 11 is 0. The highest BCUT2D eigenvalue weighted by atomic mass is 16.2. The van der Waals surface area contributed by atoms with Crippen molar-refractivity contribution in [1.29, 1.82) is 0 Å². The molecule has 0 saturated carbocycles. The number of carbonyl (C=O) groups excluding carboxylic acids is 2. The molecule has 1 aliphatic rings. The van der Waals surface area contributed by atoms with E-state index >= 15 is 0 Å². The van der Waals surface area contributed by atoms with Crippen molar-refractivity contribution in [3.63, 3.8) is 0 Å². The quantitative estimate of drug-likeness (QED) is 0.670. The van der Waals surface area contributed by atoms with Gasteiger partial charge in [-0.3, -0.25) is 23.5 Å². The second-order valence-corrected chi connectivity index (χ2v) is 5.30. The second kappa shape index (κ2) is 6.00. The van der Waals surface area contributed by atoms with E-state index in [0.717, 1.165) is 15.2 Å². The van der Waals surface area contributed by atoms with Crippen LogP contribution in [0, 0.1) is 5.92 Å². The van der Waals surface area contributed by atoms with E-state index in [1.807, 2.05) is 12.2 Å². The van der Waals surface area contributed by atoms with Gasteiger partial charge >= 0.3 is 5.69 Å². The smallest absolute Gasteiger partial charge is 0.331 e. The monoisotopic (exact) mass is 306 g/mol. The van der Waals surface area contributed by atoms with Crippen LogP contribution in [0.15, 0.2) is 27.8 Å². The maximum atomic E-state index is 12.3. The summed E-state index contributed by atoms with van der Waals surface area (Å²) < 4.78 is 2.00. The molecule has 0 spiro atoms. The van der Waals surface area contributed by atoms with Crippen LogP contribution in [0.4, 0.5) is 0 Å². The first-order valence-corrected chi connectivity index (χ1v) is 6.85. The minimum atomic E-state index is -0.590. The summed E-state index contributed by atoms with van der Waals surface area (Å²) in [5, 5.41) is 2.68. The molecule has 1 aliphatic carbocycles. The molecule has 1 aromatic heterocycles. The molecule has 0 unspecified atom stereocenters. The highest BCUT2D eigenvalue weighted by Crippen LogP contribution is 2.19. The van der Waals surface area contributed by atoms with E-state index < -0.39 is 35.0 Å². The van der Waals surface area contributed by atoms with E-state index in [9.17, 15) is 19.2 Å². The van der Waals surface area contributed by atoms with Gasteiger partial charge in [0, 0.05) is 26.2 Å². The molecule has 1 aromatic rings. The predicted octanol–water partition coefficient (Wildman–Crippen LogP) is -1.37. The Labute approximate surface area is 126 Å². The number of nitrogens with zero attached hydrogens (tertiary/aromatic N) is 2. The SMILES string of the molecule is Cn1c(C(=O)N[C@@H]2CC=CC[C@H]2C(N)=O)cc(=O)n(C)c1=O. The molecule has 8 nitrogen and oxygen atoms in total. The highest BCUT2D eigenvalue weighted by molar-refractivity contribution is 5.93. The second-order valence-electron chi connectivity index (χ2n) is 5.30. The van der Waals surface area contributed by atoms with E-state index in [1.165, 1.54) is 14.1 Å². The van der Waals surface area contributed by atoms with Crippen molar-refractivity contribution in [3.05, 3.63) is 44.8 Å². The molecule has 1 heterocycles. The summed E-state index contributed by atoms with van der Waals surface area (Å²) in [7, 11) is 2.74. The van der Waals surface area contributed by atoms with Crippen molar-refractivity contribution in [2.45, 2.75) is 18.9 Å². The standard InChI is InChI=1S/C14H18N4O4/c1-17-10(7-11(19)18(2)14(17)22)13(21)16-9-6-4-3-5-8(9)12(15)20/h3-4,7-9H,5-6H2,1-2H3,(H2,15,20)(H,16,21)/t8-,9-/m1/s1. The van der Waals surface area contributed by atoms with Gasteiger partial charge in [0.15, 0.2) is 0 Å². The number of hydrogen-bond acceptors (Lipinski definition) is 4. The van der Waals surface area contributed by atoms with Crippen molar-refractivity contribution >= 4 is 11.8 Å². The fraction of sp³-hybridized carbons (Fsp3) is 0.429. The molecule has 2 amide bonds. The largest absolute Gasteiger partial charge is 0.369 e. The Kier molecular flexibility index (Phi) is 4.30. The molecule has 8 heteroatoms. The van der Waals surface area contributed by atoms with Gasteiger partial charge in [0.1, 0.15) is 5.69 Å². The molecule has 2 rings (SSSR count). The molecular formula is C14H18N4O4. The van der Waals surface area contributed by atoms with Crippen molar-refractivity contribution in [3.8, 4) is 0 Å². The number of rotatable bonds is 3. The zero-order valence-corrected chi connectivity index (χ0v) is 12.4. The van der Waals surface area contributed by atoms with Crippen molar-refractivity contribution < 1.29 is 9.59 Å². The first kappa shape index (κ1) is 15.7. The van der Waals surface area contributed by atoms with Crippen molar-refractivity contribution in [2.75, 3.05) is 0 Å². The summed E-state index contributed by atoms with van der Waals surface area (Å²) in [6.45, 7) is 0. The minimum Gasteiger partial charge on any atom is -0.369 e. The lowest BCUT2D eigenvalue weighted by Crippen LogP contribution is -2.48. The number of hydrogen-bond donors (Lipinski definition) is 2. The summed E-state index contributed by atoms with van der Waals surface area (Å²) in [5.41, 5.74) is 4.13. The van der Waals surface area contributed by atoms with Gasteiger partial charge in [-0.15, -0.1) is 0 Å². The molecule has 3 N–H and O–H groups in total. The first-order valence-electron chi connectivity index (χ1n) is 6.85. The predicted molar refractivity (Wildman–Crippen MR) is 79.2 cm³/mol. The topological polar surface area (TPSA) is 116 Å². The van der Waals surface area contributed by atoms with Crippen LogP contribution >= 0.6 is 0 Å². The number of allylic oxidation sites excluding steroid dienone is 1. The lowest BCUT2D eigenvalue weighted by Gasteiger charge is -2.27. The summed E-state index contributed by atoms with van der Waals surface area (Å²) in [6.07, 6.45) is 4.62. The van der Waals surface area contributed by atoms with Crippen molar-refractivity contribution in [1.82, 2.24) is 14.5 Å². The van der Waals surface area contributed by atoms with Crippen LogP contribution in [0.5, 0.6) is 0 Å². The Morgan fingerprint density at radius 2 is 1.82 bits per heavy atom. The molecule has 118 valence electrons. The molecule has 0 aromatic carbocycles. The molecule has 0 saturated heterocycles. The van der Waals surface area contributed by atoms with Gasteiger partial charge < -0.3 is 11.1 Å². The average molecular weight is 306 g/mol. The maximum absolute atomic E-state index is 12.3. The van der Waals surface area contributed by atoms with Crippen molar-refractivity contribution in [2.24, 2.45) is 25.7 Å². The summed E-state index contributed by atoms with van der Waals surface area (Å²) in [5.74, 6) is -1.58. The van der Waals surface area contributed by atoms with Gasteiger partial charge in [0.05, 0.1) is 5.92 Å². The van der Waals surface area contributed by atoms with E-state index in [2.05, 4.69) is 5.32 Å². The zero-order chi connectivity index (χ0) is 16.4. The number of nitrogens with two attached hydrogens (primary N) is 1. The van der Waals surface area contributed by atoms with Gasteiger partial charge in [-0.05, 0) is 12.8 Å². The van der Waals surface area contributed by atoms with Gasteiger partial charge in [0.25, 0.3) is 11.5 Å². The van der Waals surface area contributed by atoms with Crippen LogP contribution in [0.25, 0.3) is 0 Å². The fourth-order valence-electron chi connectivity index (χ4n) is 2.48. The molecule has 22 heavy (non-hydrogen) atoms. The lowest BCUT2D eigenvalue weighted by atomic mass is 9.88. The average Bonchev–Trinajstić information content (AvgIpc) is 2.49. The van der Waals surface area contributed by atoms with Crippen LogP contribution < -0.4 is 22.3 Å². The highest BCUT2D eigenvalue weighted by Gasteiger charge is 2.29. The molecule has 0 bridgehead atoms.